The van der Waals surface area contributed by atoms with Gasteiger partial charge in [-0.25, -0.2) is 0 Å². The van der Waals surface area contributed by atoms with Crippen molar-refractivity contribution in [1.29, 1.82) is 0 Å². The van der Waals surface area contributed by atoms with E-state index in [0.29, 0.717) is 19.7 Å². The maximum Gasteiger partial charge on any atom is 0.417 e. The van der Waals surface area contributed by atoms with Crippen LogP contribution in [0.3, 0.4) is 0 Å². The van der Waals surface area contributed by atoms with Crippen LogP contribution in [0.4, 0.5) is 13.2 Å². The number of likely N-dealkylation sites (tertiary alicyclic amines) is 1. The topological polar surface area (TPSA) is 45.7 Å². The first-order chi connectivity index (χ1) is 19.3. The van der Waals surface area contributed by atoms with Gasteiger partial charge in [0.2, 0.25) is 0 Å². The average molecular weight is 548 g/mol. The van der Waals surface area contributed by atoms with Crippen LogP contribution in [0.25, 0.3) is 10.9 Å². The molecule has 5 nitrogen and oxygen atoms in total. The summed E-state index contributed by atoms with van der Waals surface area (Å²) in [6.07, 6.45) is -1.20. The first-order valence-electron chi connectivity index (χ1n) is 13.5. The molecule has 2 heterocycles. The van der Waals surface area contributed by atoms with Crippen molar-refractivity contribution in [2.75, 3.05) is 26.7 Å². The van der Waals surface area contributed by atoms with E-state index >= 15 is 0 Å². The zero-order chi connectivity index (χ0) is 28.1. The van der Waals surface area contributed by atoms with Gasteiger partial charge in [0.25, 0.3) is 5.91 Å². The van der Waals surface area contributed by atoms with Crippen LogP contribution < -0.4 is 4.74 Å². The van der Waals surface area contributed by atoms with Crippen LogP contribution in [-0.2, 0) is 19.3 Å². The maximum absolute atomic E-state index is 13.4. The number of carbonyl (C=O) groups excluding carboxylic acids is 1. The molecule has 3 aromatic carbocycles. The highest BCUT2D eigenvalue weighted by molar-refractivity contribution is 5.96. The van der Waals surface area contributed by atoms with E-state index in [1.165, 1.54) is 28.7 Å². The summed E-state index contributed by atoms with van der Waals surface area (Å²) in [5.74, 6) is 0.211. The number of carbonyl (C=O) groups is 1. The zero-order valence-corrected chi connectivity index (χ0v) is 22.4. The van der Waals surface area contributed by atoms with Gasteiger partial charge in [-0.2, -0.15) is 13.2 Å². The summed E-state index contributed by atoms with van der Waals surface area (Å²) < 4.78 is 46.4. The Morgan fingerprint density at radius 1 is 1.00 bits per heavy atom. The summed E-state index contributed by atoms with van der Waals surface area (Å²) in [6.45, 7) is 2.74. The van der Waals surface area contributed by atoms with Crippen molar-refractivity contribution < 1.29 is 22.7 Å². The van der Waals surface area contributed by atoms with Crippen LogP contribution in [-0.4, -0.2) is 47.4 Å². The highest BCUT2D eigenvalue weighted by Gasteiger charge is 2.36. The second-order valence-corrected chi connectivity index (χ2v) is 10.5. The Labute approximate surface area is 232 Å². The number of amides is 1. The third-order valence-electron chi connectivity index (χ3n) is 7.23. The summed E-state index contributed by atoms with van der Waals surface area (Å²) in [5.41, 5.74) is 2.12. The number of ether oxygens (including phenoxy) is 1. The number of pyridine rings is 1. The molecule has 1 aliphatic rings. The number of hydrogen-bond donors (Lipinski definition) is 0. The predicted octanol–water partition coefficient (Wildman–Crippen LogP) is 6.82. The number of nitrogens with zero attached hydrogens (tertiary/aromatic N) is 3. The van der Waals surface area contributed by atoms with E-state index in [2.05, 4.69) is 41.2 Å². The van der Waals surface area contributed by atoms with Crippen molar-refractivity contribution in [2.45, 2.75) is 32.1 Å². The summed E-state index contributed by atoms with van der Waals surface area (Å²) in [4.78, 5) is 21.1. The van der Waals surface area contributed by atoms with Crippen molar-refractivity contribution in [3.63, 3.8) is 0 Å². The molecule has 5 rings (SSSR count). The molecule has 0 spiro atoms. The van der Waals surface area contributed by atoms with Crippen LogP contribution in [0.1, 0.15) is 39.9 Å². The third-order valence-corrected chi connectivity index (χ3v) is 7.23. The predicted molar refractivity (Wildman–Crippen MR) is 149 cm³/mol. The van der Waals surface area contributed by atoms with Gasteiger partial charge in [-0.05, 0) is 73.5 Å². The fraction of sp³-hybridized carbons (Fsp3) is 0.312. The number of halogens is 3. The quantitative estimate of drug-likeness (QED) is 0.243. The van der Waals surface area contributed by atoms with Crippen molar-refractivity contribution >= 4 is 16.8 Å². The van der Waals surface area contributed by atoms with Gasteiger partial charge < -0.3 is 9.64 Å². The minimum atomic E-state index is -4.57. The molecule has 0 N–H and O–H groups in total. The highest BCUT2D eigenvalue weighted by atomic mass is 19.4. The first-order valence-corrected chi connectivity index (χ1v) is 13.5. The smallest absolute Gasteiger partial charge is 0.417 e. The number of fused-ring (bicyclic) bond motifs is 1. The van der Waals surface area contributed by atoms with Crippen LogP contribution in [0.15, 0.2) is 85.1 Å². The molecule has 0 aliphatic carbocycles. The second-order valence-electron chi connectivity index (χ2n) is 10.5. The Balaban J connectivity index is 1.16. The van der Waals surface area contributed by atoms with E-state index < -0.39 is 17.6 Å². The van der Waals surface area contributed by atoms with E-state index in [-0.39, 0.29) is 11.5 Å². The Morgan fingerprint density at radius 3 is 2.62 bits per heavy atom. The molecule has 0 bridgehead atoms. The SMILES string of the molecule is CN(Cc1cccc(OCC2CCCN(C(=O)c3ccccc3C(F)(F)F)C2)c1)Cc1ccc2ncccc2c1. The number of benzene rings is 3. The molecule has 0 radical (unpaired) electrons. The molecule has 1 atom stereocenters. The van der Waals surface area contributed by atoms with Gasteiger partial charge in [0, 0.05) is 43.7 Å². The number of alkyl halides is 3. The Kier molecular flexibility index (Phi) is 8.35. The molecule has 8 heteroatoms. The van der Waals surface area contributed by atoms with Crippen LogP contribution in [0.2, 0.25) is 0 Å². The van der Waals surface area contributed by atoms with Gasteiger partial charge in [0.15, 0.2) is 0 Å². The second kappa shape index (κ2) is 12.1. The minimum Gasteiger partial charge on any atom is -0.493 e. The van der Waals surface area contributed by atoms with E-state index in [4.69, 9.17) is 4.74 Å². The Morgan fingerprint density at radius 2 is 1.80 bits per heavy atom. The van der Waals surface area contributed by atoms with Gasteiger partial charge in [0.05, 0.1) is 23.3 Å². The highest BCUT2D eigenvalue weighted by Crippen LogP contribution is 2.33. The summed E-state index contributed by atoms with van der Waals surface area (Å²) in [5, 5.41) is 1.12. The molecule has 1 fully saturated rings. The summed E-state index contributed by atoms with van der Waals surface area (Å²) >= 11 is 0. The van der Waals surface area contributed by atoms with E-state index in [0.717, 1.165) is 54.2 Å². The minimum absolute atomic E-state index is 0.0458. The maximum atomic E-state index is 13.4. The standard InChI is InChI=1S/C32H32F3N3O2/c1-37(20-24-13-14-30-26(17-24)9-5-15-36-30)19-23-7-4-10-27(18-23)40-22-25-8-6-16-38(21-25)31(39)28-11-2-3-12-29(28)32(33,34)35/h2-5,7,9-15,17-18,25H,6,8,16,19-22H2,1H3. The fourth-order valence-corrected chi connectivity index (χ4v) is 5.32. The van der Waals surface area contributed by atoms with Crippen molar-refractivity contribution in [3.8, 4) is 5.75 Å². The lowest BCUT2D eigenvalue weighted by Crippen LogP contribution is -2.42. The molecular weight excluding hydrogens is 515 g/mol. The number of hydrogen-bond acceptors (Lipinski definition) is 4. The van der Waals surface area contributed by atoms with E-state index in [9.17, 15) is 18.0 Å². The van der Waals surface area contributed by atoms with Gasteiger partial charge in [-0.15, -0.1) is 0 Å². The average Bonchev–Trinajstić information content (AvgIpc) is 2.95. The van der Waals surface area contributed by atoms with E-state index in [1.54, 1.807) is 6.20 Å². The van der Waals surface area contributed by atoms with Crippen LogP contribution in [0, 0.1) is 5.92 Å². The summed E-state index contributed by atoms with van der Waals surface area (Å²) in [7, 11) is 2.07. The van der Waals surface area contributed by atoms with Crippen molar-refractivity contribution in [1.82, 2.24) is 14.8 Å². The lowest BCUT2D eigenvalue weighted by molar-refractivity contribution is -0.138. The Bertz CT molecular complexity index is 1470. The van der Waals surface area contributed by atoms with Gasteiger partial charge in [-0.3, -0.25) is 14.7 Å². The molecule has 208 valence electrons. The lowest BCUT2D eigenvalue weighted by Gasteiger charge is -2.33. The Hall–Kier alpha value is -3.91. The third kappa shape index (κ3) is 6.80. The van der Waals surface area contributed by atoms with Crippen molar-refractivity contribution in [3.05, 3.63) is 107 Å². The van der Waals surface area contributed by atoms with Gasteiger partial charge in [0.1, 0.15) is 5.75 Å². The summed E-state index contributed by atoms with van der Waals surface area (Å²) in [6, 6.07) is 23.3. The normalized spacial score (nSPS) is 15.9. The molecule has 0 saturated carbocycles. The molecule has 40 heavy (non-hydrogen) atoms. The van der Waals surface area contributed by atoms with Crippen molar-refractivity contribution in [2.24, 2.45) is 5.92 Å². The van der Waals surface area contributed by atoms with Gasteiger partial charge in [-0.1, -0.05) is 36.4 Å². The number of piperidine rings is 1. The molecule has 1 aliphatic heterocycles. The monoisotopic (exact) mass is 547 g/mol. The first kappa shape index (κ1) is 27.6. The van der Waals surface area contributed by atoms with Gasteiger partial charge >= 0.3 is 6.18 Å². The lowest BCUT2D eigenvalue weighted by atomic mass is 9.97. The number of aromatic nitrogens is 1. The fourth-order valence-electron chi connectivity index (χ4n) is 5.32. The number of rotatable bonds is 8. The molecule has 1 amide bonds. The molecular formula is C32H32F3N3O2. The van der Waals surface area contributed by atoms with Crippen LogP contribution >= 0.6 is 0 Å². The molecule has 1 saturated heterocycles. The molecule has 1 unspecified atom stereocenters. The van der Waals surface area contributed by atoms with Crippen LogP contribution in [0.5, 0.6) is 5.75 Å². The molecule has 1 aromatic heterocycles. The zero-order valence-electron chi connectivity index (χ0n) is 22.4. The molecule has 4 aromatic rings. The van der Waals surface area contributed by atoms with E-state index in [1.807, 2.05) is 30.3 Å². The largest absolute Gasteiger partial charge is 0.493 e.